The minimum Gasteiger partial charge on any atom is -0.345 e. The van der Waals surface area contributed by atoms with Gasteiger partial charge in [0.05, 0.1) is 5.56 Å². The van der Waals surface area contributed by atoms with Crippen LogP contribution < -0.4 is 5.32 Å². The summed E-state index contributed by atoms with van der Waals surface area (Å²) in [6.45, 7) is 1.81. The number of likely N-dealkylation sites (tertiary alicyclic amines) is 1. The molecule has 5 rings (SSSR count). The van der Waals surface area contributed by atoms with Gasteiger partial charge in [-0.05, 0) is 40.5 Å². The number of nitrogens with zero attached hydrogens (tertiary/aromatic N) is 2. The molecule has 2 aliphatic rings. The highest BCUT2D eigenvalue weighted by molar-refractivity contribution is 5.95. The molecule has 0 saturated carbocycles. The third-order valence-electron chi connectivity index (χ3n) is 7.21. The average molecular weight is 480 g/mol. The number of amides is 1. The minimum atomic E-state index is -4.35. The number of rotatable bonds is 5. The van der Waals surface area contributed by atoms with Crippen molar-refractivity contribution in [3.63, 3.8) is 0 Å². The number of piperazine rings is 1. The summed E-state index contributed by atoms with van der Waals surface area (Å²) in [5.41, 5.74) is 3.63. The largest absolute Gasteiger partial charge is 0.416 e. The number of hydrogen-bond acceptors (Lipinski definition) is 3. The molecule has 182 valence electrons. The van der Waals surface area contributed by atoms with Crippen LogP contribution in [0.25, 0.3) is 11.1 Å². The van der Waals surface area contributed by atoms with E-state index in [1.54, 1.807) is 31.1 Å². The van der Waals surface area contributed by atoms with Crippen molar-refractivity contribution in [2.24, 2.45) is 0 Å². The molecule has 2 saturated heterocycles. The number of benzene rings is 3. The third kappa shape index (κ3) is 4.46. The van der Waals surface area contributed by atoms with Crippen LogP contribution in [0.15, 0.2) is 72.8 Å². The molecule has 1 unspecified atom stereocenters. The molecule has 0 aliphatic carbocycles. The van der Waals surface area contributed by atoms with Crippen LogP contribution in [0.3, 0.4) is 0 Å². The lowest BCUT2D eigenvalue weighted by Crippen LogP contribution is -2.72. The lowest BCUT2D eigenvalue weighted by atomic mass is 9.72. The van der Waals surface area contributed by atoms with E-state index in [4.69, 9.17) is 0 Å². The van der Waals surface area contributed by atoms with Crippen LogP contribution in [-0.2, 0) is 12.7 Å². The topological polar surface area (TPSA) is 35.6 Å². The molecule has 2 fully saturated rings. The quantitative estimate of drug-likeness (QED) is 0.559. The summed E-state index contributed by atoms with van der Waals surface area (Å²) in [4.78, 5) is 16.1. The summed E-state index contributed by atoms with van der Waals surface area (Å²) in [7, 11) is 3.47. The van der Waals surface area contributed by atoms with Gasteiger partial charge in [-0.15, -0.1) is 0 Å². The van der Waals surface area contributed by atoms with Crippen molar-refractivity contribution in [1.29, 1.82) is 0 Å². The van der Waals surface area contributed by atoms with Gasteiger partial charge < -0.3 is 10.2 Å². The first-order valence-electron chi connectivity index (χ1n) is 11.8. The molecule has 3 aromatic carbocycles. The third-order valence-corrected chi connectivity index (χ3v) is 7.21. The summed E-state index contributed by atoms with van der Waals surface area (Å²) in [5, 5.41) is 3.41. The molecule has 35 heavy (non-hydrogen) atoms. The van der Waals surface area contributed by atoms with Gasteiger partial charge in [-0.25, -0.2) is 0 Å². The highest BCUT2D eigenvalue weighted by atomic mass is 19.4. The number of carbonyl (C=O) groups excluding carboxylic acids is 1. The van der Waals surface area contributed by atoms with E-state index in [1.807, 2.05) is 24.3 Å². The Morgan fingerprint density at radius 1 is 0.943 bits per heavy atom. The maximum absolute atomic E-state index is 13.5. The number of nitrogens with one attached hydrogen (secondary N) is 1. The van der Waals surface area contributed by atoms with Gasteiger partial charge in [0.25, 0.3) is 5.91 Å². The van der Waals surface area contributed by atoms with Crippen LogP contribution in [0.1, 0.15) is 33.0 Å². The molecule has 0 spiro atoms. The Labute approximate surface area is 203 Å². The molecular weight excluding hydrogens is 451 g/mol. The molecule has 1 amide bonds. The minimum absolute atomic E-state index is 0.0366. The van der Waals surface area contributed by atoms with Crippen molar-refractivity contribution >= 4 is 5.91 Å². The molecule has 2 aliphatic heterocycles. The number of hydrogen-bond donors (Lipinski definition) is 1. The number of fused-ring (bicyclic) bond motifs is 2. The van der Waals surface area contributed by atoms with E-state index in [0.29, 0.717) is 17.7 Å². The van der Waals surface area contributed by atoms with Crippen molar-refractivity contribution < 1.29 is 18.0 Å². The van der Waals surface area contributed by atoms with Gasteiger partial charge in [-0.1, -0.05) is 54.6 Å². The second-order valence-electron chi connectivity index (χ2n) is 9.55. The molecule has 2 bridgehead atoms. The maximum atomic E-state index is 13.5. The normalized spacial score (nSPS) is 21.9. The van der Waals surface area contributed by atoms with E-state index in [2.05, 4.69) is 34.5 Å². The fourth-order valence-electron chi connectivity index (χ4n) is 5.48. The molecular formula is C28H28F3N3O. The maximum Gasteiger partial charge on any atom is 0.416 e. The van der Waals surface area contributed by atoms with Gasteiger partial charge in [0, 0.05) is 57.3 Å². The number of carbonyl (C=O) groups is 1. The van der Waals surface area contributed by atoms with Gasteiger partial charge in [0.1, 0.15) is 0 Å². The van der Waals surface area contributed by atoms with Gasteiger partial charge in [0.2, 0.25) is 0 Å². The fourth-order valence-corrected chi connectivity index (χ4v) is 5.48. The molecule has 3 atom stereocenters. The highest BCUT2D eigenvalue weighted by Gasteiger charge is 2.51. The van der Waals surface area contributed by atoms with Crippen LogP contribution in [0, 0.1) is 0 Å². The summed E-state index contributed by atoms with van der Waals surface area (Å²) >= 11 is 0. The predicted molar refractivity (Wildman–Crippen MR) is 130 cm³/mol. The van der Waals surface area contributed by atoms with E-state index in [9.17, 15) is 18.0 Å². The molecule has 7 heteroatoms. The summed E-state index contributed by atoms with van der Waals surface area (Å²) in [5.74, 6) is 0.246. The van der Waals surface area contributed by atoms with Crippen LogP contribution in [0.5, 0.6) is 0 Å². The van der Waals surface area contributed by atoms with Crippen molar-refractivity contribution in [3.8, 4) is 11.1 Å². The Bertz CT molecular complexity index is 1210. The van der Waals surface area contributed by atoms with Gasteiger partial charge in [-0.3, -0.25) is 9.69 Å². The molecule has 4 nitrogen and oxygen atoms in total. The highest BCUT2D eigenvalue weighted by Crippen LogP contribution is 2.44. The van der Waals surface area contributed by atoms with E-state index in [0.717, 1.165) is 24.2 Å². The molecule has 0 aromatic heterocycles. The van der Waals surface area contributed by atoms with Crippen molar-refractivity contribution in [3.05, 3.63) is 95.1 Å². The van der Waals surface area contributed by atoms with Crippen LogP contribution >= 0.6 is 0 Å². The Morgan fingerprint density at radius 2 is 1.63 bits per heavy atom. The van der Waals surface area contributed by atoms with Gasteiger partial charge in [0.15, 0.2) is 0 Å². The Morgan fingerprint density at radius 3 is 2.29 bits per heavy atom. The SMILES string of the molecule is CN(C)C(=O)c1cccc(-c2ccc(C3[C@H]4CNC[C@@H]3N4Cc3ccccc3C(F)(F)F)cc2)c1. The molecule has 3 aromatic rings. The summed E-state index contributed by atoms with van der Waals surface area (Å²) < 4.78 is 40.5. The second-order valence-corrected chi connectivity index (χ2v) is 9.55. The zero-order valence-corrected chi connectivity index (χ0v) is 19.7. The van der Waals surface area contributed by atoms with E-state index >= 15 is 0 Å². The predicted octanol–water partition coefficient (Wildman–Crippen LogP) is 5.01. The van der Waals surface area contributed by atoms with Crippen LogP contribution in [-0.4, -0.2) is 55.0 Å². The number of halogens is 3. The van der Waals surface area contributed by atoms with E-state index < -0.39 is 11.7 Å². The van der Waals surface area contributed by atoms with Gasteiger partial charge >= 0.3 is 6.18 Å². The first kappa shape index (κ1) is 23.6. The summed E-state index contributed by atoms with van der Waals surface area (Å²) in [6, 6.07) is 22.2. The first-order valence-corrected chi connectivity index (χ1v) is 11.8. The van der Waals surface area contributed by atoms with Crippen molar-refractivity contribution in [2.75, 3.05) is 27.2 Å². The zero-order chi connectivity index (χ0) is 24.7. The first-order chi connectivity index (χ1) is 16.7. The number of alkyl halides is 3. The molecule has 2 heterocycles. The van der Waals surface area contributed by atoms with Crippen molar-refractivity contribution in [2.45, 2.75) is 30.7 Å². The Hall–Kier alpha value is -3.16. The smallest absolute Gasteiger partial charge is 0.345 e. The molecule has 1 N–H and O–H groups in total. The van der Waals surface area contributed by atoms with E-state index in [-0.39, 0.29) is 23.9 Å². The average Bonchev–Trinajstić information content (AvgIpc) is 2.86. The van der Waals surface area contributed by atoms with Crippen LogP contribution in [0.2, 0.25) is 0 Å². The summed E-state index contributed by atoms with van der Waals surface area (Å²) in [6.07, 6.45) is -4.35. The standard InChI is InChI=1S/C28H28F3N3O/c1-33(2)27(35)21-8-5-7-20(14-21)18-10-12-19(13-11-18)26-24-15-32-16-25(26)34(24)17-22-6-3-4-9-23(22)28(29,30)31/h3-14,24-26,32H,15-17H2,1-2H3/t24-,25+,26?. The lowest BCUT2D eigenvalue weighted by molar-refractivity contribution is -0.139. The molecule has 0 radical (unpaired) electrons. The second kappa shape index (κ2) is 9.13. The van der Waals surface area contributed by atoms with Gasteiger partial charge in [-0.2, -0.15) is 13.2 Å². The number of piperidine rings is 1. The van der Waals surface area contributed by atoms with Crippen LogP contribution in [0.4, 0.5) is 13.2 Å². The zero-order valence-electron chi connectivity index (χ0n) is 19.7. The van der Waals surface area contributed by atoms with Crippen molar-refractivity contribution in [1.82, 2.24) is 15.1 Å². The monoisotopic (exact) mass is 479 g/mol. The lowest BCUT2D eigenvalue weighted by Gasteiger charge is -2.59. The Balaban J connectivity index is 1.34. The Kier molecular flexibility index (Phi) is 6.15. The van der Waals surface area contributed by atoms with E-state index in [1.165, 1.54) is 17.7 Å². The fraction of sp³-hybridized carbons (Fsp3) is 0.321.